The number of halogens is 1. The molecule has 0 radical (unpaired) electrons. The minimum Gasteiger partial charge on any atom is -0.378 e. The van der Waals surface area contributed by atoms with E-state index in [-0.39, 0.29) is 0 Å². The molecule has 94 valence electrons. The van der Waals surface area contributed by atoms with Gasteiger partial charge in [0.1, 0.15) is 0 Å². The van der Waals surface area contributed by atoms with Crippen molar-refractivity contribution in [1.29, 1.82) is 0 Å². The number of hydrogen-bond donors (Lipinski definition) is 1. The Morgan fingerprint density at radius 2 is 2.35 bits per heavy atom. The molecule has 1 aliphatic heterocycles. The van der Waals surface area contributed by atoms with E-state index in [1.807, 2.05) is 0 Å². The second-order valence-electron chi connectivity index (χ2n) is 4.70. The van der Waals surface area contributed by atoms with E-state index in [0.29, 0.717) is 6.10 Å². The Morgan fingerprint density at radius 1 is 1.47 bits per heavy atom. The van der Waals surface area contributed by atoms with E-state index in [9.17, 15) is 0 Å². The van der Waals surface area contributed by atoms with Gasteiger partial charge in [-0.1, -0.05) is 28.1 Å². The van der Waals surface area contributed by atoms with Crippen LogP contribution < -0.4 is 5.32 Å². The summed E-state index contributed by atoms with van der Waals surface area (Å²) in [6.45, 7) is 5.02. The second-order valence-corrected chi connectivity index (χ2v) is 5.55. The average molecular weight is 298 g/mol. The topological polar surface area (TPSA) is 21.3 Å². The van der Waals surface area contributed by atoms with Gasteiger partial charge in [0, 0.05) is 17.6 Å². The minimum absolute atomic E-state index is 0.490. The van der Waals surface area contributed by atoms with E-state index in [0.717, 1.165) is 26.1 Å². The molecule has 3 heteroatoms. The normalized spacial score (nSPS) is 19.8. The van der Waals surface area contributed by atoms with Crippen LogP contribution in [0.3, 0.4) is 0 Å². The van der Waals surface area contributed by atoms with Gasteiger partial charge in [-0.2, -0.15) is 0 Å². The molecule has 1 atom stereocenters. The Morgan fingerprint density at radius 3 is 3.06 bits per heavy atom. The monoisotopic (exact) mass is 297 g/mol. The Balaban J connectivity index is 1.70. The summed E-state index contributed by atoms with van der Waals surface area (Å²) in [7, 11) is 0. The average Bonchev–Trinajstić information content (AvgIpc) is 2.79. The highest BCUT2D eigenvalue weighted by atomic mass is 79.9. The largest absolute Gasteiger partial charge is 0.378 e. The van der Waals surface area contributed by atoms with Crippen molar-refractivity contribution in [3.8, 4) is 0 Å². The van der Waals surface area contributed by atoms with Crippen molar-refractivity contribution < 1.29 is 4.74 Å². The van der Waals surface area contributed by atoms with E-state index < -0.39 is 0 Å². The maximum absolute atomic E-state index is 5.60. The molecule has 1 fully saturated rings. The van der Waals surface area contributed by atoms with E-state index in [4.69, 9.17) is 4.74 Å². The van der Waals surface area contributed by atoms with E-state index in [1.54, 1.807) is 0 Å². The van der Waals surface area contributed by atoms with Gasteiger partial charge in [0.2, 0.25) is 0 Å². The van der Waals surface area contributed by atoms with Crippen molar-refractivity contribution in [1.82, 2.24) is 5.32 Å². The van der Waals surface area contributed by atoms with Gasteiger partial charge in [-0.25, -0.2) is 0 Å². The van der Waals surface area contributed by atoms with Crippen molar-refractivity contribution in [2.24, 2.45) is 0 Å². The molecule has 1 saturated heterocycles. The maximum Gasteiger partial charge on any atom is 0.0588 e. The highest BCUT2D eigenvalue weighted by molar-refractivity contribution is 9.10. The van der Waals surface area contributed by atoms with Gasteiger partial charge < -0.3 is 10.1 Å². The standard InChI is InChI=1S/C14H20BrNO/c1-11-4-5-12(14(15)9-11)10-16-7-6-13-3-2-8-17-13/h4-5,9,13,16H,2-3,6-8,10H2,1H3. The van der Waals surface area contributed by atoms with Crippen LogP contribution in [-0.2, 0) is 11.3 Å². The summed E-state index contributed by atoms with van der Waals surface area (Å²) in [6, 6.07) is 6.50. The number of benzene rings is 1. The fourth-order valence-corrected chi connectivity index (χ4v) is 2.79. The molecule has 2 rings (SSSR count). The van der Waals surface area contributed by atoms with Gasteiger partial charge >= 0.3 is 0 Å². The zero-order chi connectivity index (χ0) is 12.1. The quantitative estimate of drug-likeness (QED) is 0.841. The van der Waals surface area contributed by atoms with Gasteiger partial charge in [0.05, 0.1) is 6.10 Å². The lowest BCUT2D eigenvalue weighted by molar-refractivity contribution is 0.104. The summed E-state index contributed by atoms with van der Waals surface area (Å²) in [5, 5.41) is 3.48. The first-order chi connectivity index (χ1) is 8.25. The molecule has 0 amide bonds. The van der Waals surface area contributed by atoms with Crippen molar-refractivity contribution in [3.05, 3.63) is 33.8 Å². The third kappa shape index (κ3) is 4.09. The SMILES string of the molecule is Cc1ccc(CNCCC2CCCO2)c(Br)c1. The molecule has 1 aromatic carbocycles. The number of hydrogen-bond acceptors (Lipinski definition) is 2. The predicted molar refractivity (Wildman–Crippen MR) is 74.2 cm³/mol. The third-order valence-corrected chi connectivity index (χ3v) is 3.93. The zero-order valence-corrected chi connectivity index (χ0v) is 11.9. The zero-order valence-electron chi connectivity index (χ0n) is 10.3. The molecular formula is C14H20BrNO. The number of nitrogens with one attached hydrogen (secondary N) is 1. The van der Waals surface area contributed by atoms with Crippen molar-refractivity contribution >= 4 is 15.9 Å². The summed E-state index contributed by atoms with van der Waals surface area (Å²) in [4.78, 5) is 0. The molecule has 0 aromatic heterocycles. The second kappa shape index (κ2) is 6.53. The van der Waals surface area contributed by atoms with E-state index in [1.165, 1.54) is 28.4 Å². The molecule has 1 heterocycles. The van der Waals surface area contributed by atoms with Gasteiger partial charge in [0.15, 0.2) is 0 Å². The Kier molecular flexibility index (Phi) is 5.01. The summed E-state index contributed by atoms with van der Waals surface area (Å²) in [6.07, 6.45) is 4.08. The third-order valence-electron chi connectivity index (χ3n) is 3.19. The van der Waals surface area contributed by atoms with Crippen LogP contribution in [0.25, 0.3) is 0 Å². The fraction of sp³-hybridized carbons (Fsp3) is 0.571. The lowest BCUT2D eigenvalue weighted by atomic mass is 10.1. The lowest BCUT2D eigenvalue weighted by Crippen LogP contribution is -2.20. The molecular weight excluding hydrogens is 278 g/mol. The first-order valence-electron chi connectivity index (χ1n) is 6.33. The molecule has 17 heavy (non-hydrogen) atoms. The lowest BCUT2D eigenvalue weighted by Gasteiger charge is -2.11. The van der Waals surface area contributed by atoms with Crippen LogP contribution in [-0.4, -0.2) is 19.3 Å². The van der Waals surface area contributed by atoms with Crippen molar-refractivity contribution in [3.63, 3.8) is 0 Å². The molecule has 0 spiro atoms. The van der Waals surface area contributed by atoms with Crippen LogP contribution in [0.5, 0.6) is 0 Å². The van der Waals surface area contributed by atoms with Crippen LogP contribution >= 0.6 is 15.9 Å². The molecule has 0 bridgehead atoms. The Hall–Kier alpha value is -0.380. The summed E-state index contributed by atoms with van der Waals surface area (Å²) < 4.78 is 6.79. The van der Waals surface area contributed by atoms with Crippen LogP contribution in [0.2, 0.25) is 0 Å². The summed E-state index contributed by atoms with van der Waals surface area (Å²) in [5.74, 6) is 0. The molecule has 1 unspecified atom stereocenters. The van der Waals surface area contributed by atoms with Gasteiger partial charge in [0.25, 0.3) is 0 Å². The van der Waals surface area contributed by atoms with Gasteiger partial charge in [-0.15, -0.1) is 0 Å². The van der Waals surface area contributed by atoms with E-state index in [2.05, 4.69) is 46.4 Å². The fourth-order valence-electron chi connectivity index (χ4n) is 2.15. The van der Waals surface area contributed by atoms with Crippen LogP contribution in [0.15, 0.2) is 22.7 Å². The molecule has 0 aliphatic carbocycles. The number of ether oxygens (including phenoxy) is 1. The number of aryl methyl sites for hydroxylation is 1. The minimum atomic E-state index is 0.490. The van der Waals surface area contributed by atoms with Gasteiger partial charge in [-0.05, 0) is 49.9 Å². The summed E-state index contributed by atoms with van der Waals surface area (Å²) >= 11 is 3.60. The molecule has 1 aromatic rings. The smallest absolute Gasteiger partial charge is 0.0588 e. The first-order valence-corrected chi connectivity index (χ1v) is 7.12. The highest BCUT2D eigenvalue weighted by Gasteiger charge is 2.14. The Bertz CT molecular complexity index is 361. The van der Waals surface area contributed by atoms with Crippen LogP contribution in [0.4, 0.5) is 0 Å². The molecule has 1 aliphatic rings. The highest BCUT2D eigenvalue weighted by Crippen LogP contribution is 2.18. The van der Waals surface area contributed by atoms with E-state index >= 15 is 0 Å². The van der Waals surface area contributed by atoms with Crippen LogP contribution in [0.1, 0.15) is 30.4 Å². The number of rotatable bonds is 5. The maximum atomic E-state index is 5.60. The molecule has 0 saturated carbocycles. The molecule has 2 nitrogen and oxygen atoms in total. The predicted octanol–water partition coefficient (Wildman–Crippen LogP) is 3.42. The van der Waals surface area contributed by atoms with Crippen LogP contribution in [0, 0.1) is 6.92 Å². The van der Waals surface area contributed by atoms with Gasteiger partial charge in [-0.3, -0.25) is 0 Å². The molecule has 1 N–H and O–H groups in total. The first kappa shape index (κ1) is 13.1. The Labute approximate surface area is 112 Å². The van der Waals surface area contributed by atoms with Crippen molar-refractivity contribution in [2.75, 3.05) is 13.2 Å². The summed E-state index contributed by atoms with van der Waals surface area (Å²) in [5.41, 5.74) is 2.61. The van der Waals surface area contributed by atoms with Crippen molar-refractivity contribution in [2.45, 2.75) is 38.8 Å².